The molecule has 0 saturated carbocycles. The Morgan fingerprint density at radius 1 is 0.952 bits per heavy atom. The number of nitrogens with two attached hydrogens (primary N) is 1. The molecule has 2 aromatic rings. The van der Waals surface area contributed by atoms with Crippen LogP contribution in [0.2, 0.25) is 0 Å². The third-order valence-corrected chi connectivity index (χ3v) is 3.86. The highest BCUT2D eigenvalue weighted by Crippen LogP contribution is 2.24. The standard InChI is InChI=1S/C16H21N5/c1-13(17)14-5-4-8-19-16(14)21-11-9-20(10-12-21)15-6-2-3-7-18-15/h2-8,13H,9-12,17H2,1H3/t13-/m1/s1. The van der Waals surface area contributed by atoms with Crippen LogP contribution in [0.1, 0.15) is 18.5 Å². The van der Waals surface area contributed by atoms with Crippen LogP contribution < -0.4 is 15.5 Å². The maximum Gasteiger partial charge on any atom is 0.133 e. The lowest BCUT2D eigenvalue weighted by Crippen LogP contribution is -2.47. The normalized spacial score (nSPS) is 16.9. The first kappa shape index (κ1) is 13.8. The quantitative estimate of drug-likeness (QED) is 0.931. The predicted octanol–water partition coefficient (Wildman–Crippen LogP) is 1.82. The van der Waals surface area contributed by atoms with Gasteiger partial charge in [-0.15, -0.1) is 0 Å². The van der Waals surface area contributed by atoms with Gasteiger partial charge in [0.15, 0.2) is 0 Å². The summed E-state index contributed by atoms with van der Waals surface area (Å²) in [6.07, 6.45) is 3.68. The smallest absolute Gasteiger partial charge is 0.133 e. The van der Waals surface area contributed by atoms with Gasteiger partial charge >= 0.3 is 0 Å². The molecule has 2 N–H and O–H groups in total. The van der Waals surface area contributed by atoms with Gasteiger partial charge in [-0.1, -0.05) is 12.1 Å². The molecule has 1 fully saturated rings. The van der Waals surface area contributed by atoms with E-state index in [0.29, 0.717) is 0 Å². The first-order valence-corrected chi connectivity index (χ1v) is 7.37. The topological polar surface area (TPSA) is 58.3 Å². The minimum atomic E-state index is 0.00233. The SMILES string of the molecule is C[C@@H](N)c1cccnc1N1CCN(c2ccccn2)CC1. The van der Waals surface area contributed by atoms with E-state index in [4.69, 9.17) is 5.73 Å². The Bertz CT molecular complexity index is 576. The summed E-state index contributed by atoms with van der Waals surface area (Å²) >= 11 is 0. The molecule has 0 aliphatic carbocycles. The lowest BCUT2D eigenvalue weighted by molar-refractivity contribution is 0.635. The van der Waals surface area contributed by atoms with Crippen LogP contribution in [0.4, 0.5) is 11.6 Å². The molecule has 1 aliphatic rings. The lowest BCUT2D eigenvalue weighted by atomic mass is 10.1. The largest absolute Gasteiger partial charge is 0.353 e. The van der Waals surface area contributed by atoms with Crippen molar-refractivity contribution in [3.8, 4) is 0 Å². The molecule has 2 aromatic heterocycles. The zero-order valence-electron chi connectivity index (χ0n) is 12.3. The van der Waals surface area contributed by atoms with Crippen LogP contribution >= 0.6 is 0 Å². The molecule has 3 heterocycles. The van der Waals surface area contributed by atoms with Crippen LogP contribution in [0.5, 0.6) is 0 Å². The van der Waals surface area contributed by atoms with Crippen molar-refractivity contribution in [3.63, 3.8) is 0 Å². The fourth-order valence-corrected chi connectivity index (χ4v) is 2.72. The van der Waals surface area contributed by atoms with Crippen molar-refractivity contribution >= 4 is 11.6 Å². The predicted molar refractivity (Wildman–Crippen MR) is 85.5 cm³/mol. The number of hydrogen-bond donors (Lipinski definition) is 1. The lowest BCUT2D eigenvalue weighted by Gasteiger charge is -2.37. The number of anilines is 2. The zero-order valence-corrected chi connectivity index (χ0v) is 12.3. The van der Waals surface area contributed by atoms with E-state index in [0.717, 1.165) is 43.4 Å². The molecule has 0 radical (unpaired) electrons. The van der Waals surface area contributed by atoms with E-state index in [1.54, 1.807) is 0 Å². The summed E-state index contributed by atoms with van der Waals surface area (Å²) in [6.45, 7) is 5.78. The van der Waals surface area contributed by atoms with Crippen LogP contribution in [0, 0.1) is 0 Å². The number of aromatic nitrogens is 2. The monoisotopic (exact) mass is 283 g/mol. The minimum Gasteiger partial charge on any atom is -0.353 e. The highest BCUT2D eigenvalue weighted by molar-refractivity contribution is 5.50. The molecule has 0 aromatic carbocycles. The Labute approximate surface area is 125 Å². The highest BCUT2D eigenvalue weighted by Gasteiger charge is 2.21. The van der Waals surface area contributed by atoms with E-state index in [2.05, 4.69) is 31.9 Å². The van der Waals surface area contributed by atoms with Gasteiger partial charge in [-0.05, 0) is 25.1 Å². The van der Waals surface area contributed by atoms with Crippen molar-refractivity contribution in [2.24, 2.45) is 5.73 Å². The maximum absolute atomic E-state index is 6.05. The second-order valence-corrected chi connectivity index (χ2v) is 5.37. The van der Waals surface area contributed by atoms with E-state index in [1.165, 1.54) is 0 Å². The summed E-state index contributed by atoms with van der Waals surface area (Å²) in [5.41, 5.74) is 7.17. The molecular weight excluding hydrogens is 262 g/mol. The number of rotatable bonds is 3. The Morgan fingerprint density at radius 2 is 1.67 bits per heavy atom. The van der Waals surface area contributed by atoms with Crippen molar-refractivity contribution in [2.45, 2.75) is 13.0 Å². The molecule has 1 atom stereocenters. The number of hydrogen-bond acceptors (Lipinski definition) is 5. The van der Waals surface area contributed by atoms with Gasteiger partial charge in [-0.25, -0.2) is 9.97 Å². The first-order valence-electron chi connectivity index (χ1n) is 7.37. The van der Waals surface area contributed by atoms with Gasteiger partial charge in [0, 0.05) is 50.2 Å². The summed E-state index contributed by atoms with van der Waals surface area (Å²) < 4.78 is 0. The average Bonchev–Trinajstić information content (AvgIpc) is 2.56. The molecule has 0 spiro atoms. The molecular formula is C16H21N5. The van der Waals surface area contributed by atoms with Crippen LogP contribution in [0.3, 0.4) is 0 Å². The van der Waals surface area contributed by atoms with E-state index in [9.17, 15) is 0 Å². The third kappa shape index (κ3) is 2.97. The molecule has 110 valence electrons. The van der Waals surface area contributed by atoms with Crippen molar-refractivity contribution in [3.05, 3.63) is 48.3 Å². The summed E-state index contributed by atoms with van der Waals surface area (Å²) in [4.78, 5) is 13.6. The molecule has 3 rings (SSSR count). The molecule has 0 bridgehead atoms. The molecule has 0 unspecified atom stereocenters. The summed E-state index contributed by atoms with van der Waals surface area (Å²) in [7, 11) is 0. The Balaban J connectivity index is 1.72. The second kappa shape index (κ2) is 6.10. The van der Waals surface area contributed by atoms with Gasteiger partial charge in [0.05, 0.1) is 0 Å². The van der Waals surface area contributed by atoms with E-state index < -0.39 is 0 Å². The van der Waals surface area contributed by atoms with Crippen LogP contribution in [-0.4, -0.2) is 36.1 Å². The number of pyridine rings is 2. The van der Waals surface area contributed by atoms with Crippen LogP contribution in [-0.2, 0) is 0 Å². The van der Waals surface area contributed by atoms with E-state index in [-0.39, 0.29) is 6.04 Å². The van der Waals surface area contributed by atoms with E-state index >= 15 is 0 Å². The number of piperazine rings is 1. The Hall–Kier alpha value is -2.14. The Morgan fingerprint density at radius 3 is 2.33 bits per heavy atom. The summed E-state index contributed by atoms with van der Waals surface area (Å²) in [5, 5.41) is 0. The van der Waals surface area contributed by atoms with Gasteiger partial charge < -0.3 is 15.5 Å². The van der Waals surface area contributed by atoms with Crippen LogP contribution in [0.25, 0.3) is 0 Å². The maximum atomic E-state index is 6.05. The second-order valence-electron chi connectivity index (χ2n) is 5.37. The van der Waals surface area contributed by atoms with Gasteiger partial charge in [0.1, 0.15) is 11.6 Å². The first-order chi connectivity index (χ1) is 10.3. The van der Waals surface area contributed by atoms with Gasteiger partial charge in [-0.3, -0.25) is 0 Å². The molecule has 1 saturated heterocycles. The zero-order chi connectivity index (χ0) is 14.7. The molecule has 5 heteroatoms. The Kier molecular flexibility index (Phi) is 4.01. The fraction of sp³-hybridized carbons (Fsp3) is 0.375. The van der Waals surface area contributed by atoms with E-state index in [1.807, 2.05) is 37.5 Å². The third-order valence-electron chi connectivity index (χ3n) is 3.86. The van der Waals surface area contributed by atoms with Gasteiger partial charge in [0.2, 0.25) is 0 Å². The molecule has 21 heavy (non-hydrogen) atoms. The van der Waals surface area contributed by atoms with Crippen molar-refractivity contribution < 1.29 is 0 Å². The van der Waals surface area contributed by atoms with Crippen molar-refractivity contribution in [1.29, 1.82) is 0 Å². The summed E-state index contributed by atoms with van der Waals surface area (Å²) in [5.74, 6) is 2.07. The molecule has 0 amide bonds. The van der Waals surface area contributed by atoms with Crippen LogP contribution in [0.15, 0.2) is 42.7 Å². The van der Waals surface area contributed by atoms with Crippen molar-refractivity contribution in [1.82, 2.24) is 9.97 Å². The average molecular weight is 283 g/mol. The molecule has 5 nitrogen and oxygen atoms in total. The number of nitrogens with zero attached hydrogens (tertiary/aromatic N) is 4. The highest BCUT2D eigenvalue weighted by atomic mass is 15.3. The van der Waals surface area contributed by atoms with Gasteiger partial charge in [0.25, 0.3) is 0 Å². The van der Waals surface area contributed by atoms with Gasteiger partial charge in [-0.2, -0.15) is 0 Å². The molecule has 1 aliphatic heterocycles. The minimum absolute atomic E-state index is 0.00233. The van der Waals surface area contributed by atoms with Crippen molar-refractivity contribution in [2.75, 3.05) is 36.0 Å². The summed E-state index contributed by atoms with van der Waals surface area (Å²) in [6, 6.07) is 10.1. The fourth-order valence-electron chi connectivity index (χ4n) is 2.72.